The average Bonchev–Trinajstić information content (AvgIpc) is 3.41. The van der Waals surface area contributed by atoms with Gasteiger partial charge in [-0.05, 0) is 47.7 Å². The van der Waals surface area contributed by atoms with Gasteiger partial charge in [0.05, 0.1) is 43.6 Å². The molecule has 1 aromatic heterocycles. The van der Waals surface area contributed by atoms with Gasteiger partial charge in [0.25, 0.3) is 5.91 Å². The molecule has 0 aliphatic heterocycles. The first-order valence-electron chi connectivity index (χ1n) is 12.7. The molecule has 1 heterocycles. The molecule has 0 saturated carbocycles. The Kier molecular flexibility index (Phi) is 9.16. The maximum absolute atomic E-state index is 13.9. The van der Waals surface area contributed by atoms with Crippen LogP contribution in [0.15, 0.2) is 65.3 Å². The number of amides is 1. The van der Waals surface area contributed by atoms with Crippen molar-refractivity contribution in [3.8, 4) is 11.5 Å². The van der Waals surface area contributed by atoms with E-state index in [0.29, 0.717) is 28.8 Å². The van der Waals surface area contributed by atoms with Gasteiger partial charge in [-0.15, -0.1) is 0 Å². The minimum Gasteiger partial charge on any atom is -0.495 e. The highest BCUT2D eigenvalue weighted by Crippen LogP contribution is 2.37. The molecule has 0 radical (unpaired) electrons. The van der Waals surface area contributed by atoms with Crippen molar-refractivity contribution in [2.75, 3.05) is 20.8 Å². The van der Waals surface area contributed by atoms with E-state index in [4.69, 9.17) is 13.9 Å². The van der Waals surface area contributed by atoms with Crippen LogP contribution in [-0.2, 0) is 19.4 Å². The first-order chi connectivity index (χ1) is 18.8. The summed E-state index contributed by atoms with van der Waals surface area (Å²) in [6, 6.07) is 13.5. The van der Waals surface area contributed by atoms with Gasteiger partial charge in [-0.1, -0.05) is 31.2 Å². The van der Waals surface area contributed by atoms with Crippen molar-refractivity contribution < 1.29 is 32.6 Å². The van der Waals surface area contributed by atoms with E-state index in [-0.39, 0.29) is 24.3 Å². The number of carbonyl (C=O) groups excluding carboxylic acids is 1. The van der Waals surface area contributed by atoms with E-state index >= 15 is 0 Å². The summed E-state index contributed by atoms with van der Waals surface area (Å²) in [7, 11) is 2.89. The van der Waals surface area contributed by atoms with E-state index in [2.05, 4.69) is 23.6 Å². The molecule has 3 N–H and O–H groups in total. The number of hydrogen-bond acceptors (Lipinski definition) is 6. The van der Waals surface area contributed by atoms with Crippen LogP contribution < -0.4 is 20.1 Å². The van der Waals surface area contributed by atoms with Crippen LogP contribution in [0.1, 0.15) is 34.0 Å². The second kappa shape index (κ2) is 12.7. The van der Waals surface area contributed by atoms with Crippen LogP contribution in [0.3, 0.4) is 0 Å². The van der Waals surface area contributed by atoms with Gasteiger partial charge in [0.1, 0.15) is 17.4 Å². The zero-order valence-electron chi connectivity index (χ0n) is 22.1. The predicted octanol–water partition coefficient (Wildman–Crippen LogP) is 4.78. The van der Waals surface area contributed by atoms with Crippen molar-refractivity contribution in [2.24, 2.45) is 0 Å². The highest BCUT2D eigenvalue weighted by molar-refractivity contribution is 6.04. The van der Waals surface area contributed by atoms with E-state index in [1.54, 1.807) is 6.07 Å². The Balaban J connectivity index is 1.57. The second-order valence-electron chi connectivity index (χ2n) is 9.26. The first kappa shape index (κ1) is 28.1. The maximum Gasteiger partial charge on any atom is 0.255 e. The van der Waals surface area contributed by atoms with Gasteiger partial charge < -0.3 is 29.6 Å². The Morgan fingerprint density at radius 2 is 1.74 bits per heavy atom. The van der Waals surface area contributed by atoms with Gasteiger partial charge in [-0.3, -0.25) is 4.79 Å². The summed E-state index contributed by atoms with van der Waals surface area (Å²) in [4.78, 5) is 13.5. The number of aliphatic hydroxyl groups excluding tert-OH is 1. The van der Waals surface area contributed by atoms with Crippen LogP contribution in [0.25, 0.3) is 11.0 Å². The Morgan fingerprint density at radius 3 is 2.44 bits per heavy atom. The molecule has 0 unspecified atom stereocenters. The quantitative estimate of drug-likeness (QED) is 0.240. The maximum atomic E-state index is 13.9. The molecule has 206 valence electrons. The normalized spacial score (nSPS) is 12.8. The largest absolute Gasteiger partial charge is 0.495 e. The topological polar surface area (TPSA) is 93.0 Å². The lowest BCUT2D eigenvalue weighted by molar-refractivity contribution is 0.0827. The molecular weight excluding hydrogens is 506 g/mol. The third kappa shape index (κ3) is 6.74. The van der Waals surface area contributed by atoms with Gasteiger partial charge in [0.15, 0.2) is 11.3 Å². The number of fused-ring (bicyclic) bond motifs is 1. The smallest absolute Gasteiger partial charge is 0.255 e. The molecule has 4 rings (SSSR count). The van der Waals surface area contributed by atoms with Crippen LogP contribution in [0.4, 0.5) is 8.78 Å². The number of hydrogen-bond donors (Lipinski definition) is 3. The summed E-state index contributed by atoms with van der Waals surface area (Å²) >= 11 is 0. The van der Waals surface area contributed by atoms with Crippen molar-refractivity contribution in [1.29, 1.82) is 0 Å². The Morgan fingerprint density at radius 1 is 1.00 bits per heavy atom. The van der Waals surface area contributed by atoms with Crippen molar-refractivity contribution in [3.63, 3.8) is 0 Å². The summed E-state index contributed by atoms with van der Waals surface area (Å²) in [5.41, 5.74) is 3.14. The zero-order chi connectivity index (χ0) is 27.9. The van der Waals surface area contributed by atoms with Gasteiger partial charge >= 0.3 is 0 Å². The van der Waals surface area contributed by atoms with Crippen LogP contribution in [0.5, 0.6) is 11.5 Å². The predicted molar refractivity (Wildman–Crippen MR) is 144 cm³/mol. The fraction of sp³-hybridized carbons (Fsp3) is 0.300. The molecule has 0 saturated heterocycles. The number of nitrogens with one attached hydrogen (secondary N) is 2. The van der Waals surface area contributed by atoms with Crippen LogP contribution in [0.2, 0.25) is 0 Å². The number of carbonyl (C=O) groups is 1. The van der Waals surface area contributed by atoms with Gasteiger partial charge in [0, 0.05) is 25.2 Å². The average molecular weight is 539 g/mol. The number of rotatable bonds is 12. The van der Waals surface area contributed by atoms with Gasteiger partial charge in [-0.2, -0.15) is 0 Å². The molecule has 2 atom stereocenters. The highest BCUT2D eigenvalue weighted by atomic mass is 19.1. The summed E-state index contributed by atoms with van der Waals surface area (Å²) < 4.78 is 44.2. The number of ether oxygens (including phenoxy) is 2. The molecule has 1 amide bonds. The summed E-state index contributed by atoms with van der Waals surface area (Å²) in [6.07, 6.45) is 1.28. The molecule has 0 spiro atoms. The third-order valence-corrected chi connectivity index (χ3v) is 6.56. The Labute approximate surface area is 225 Å². The minimum absolute atomic E-state index is 0.0119. The number of halogens is 2. The molecule has 7 nitrogen and oxygen atoms in total. The lowest BCUT2D eigenvalue weighted by atomic mass is 9.99. The number of aryl methyl sites for hydroxylation is 1. The molecule has 4 aromatic rings. The van der Waals surface area contributed by atoms with Crippen molar-refractivity contribution in [2.45, 2.75) is 38.5 Å². The Hall–Kier alpha value is -3.95. The number of benzene rings is 3. The molecule has 9 heteroatoms. The Bertz CT molecular complexity index is 1420. The van der Waals surface area contributed by atoms with Crippen LogP contribution >= 0.6 is 0 Å². The summed E-state index contributed by atoms with van der Waals surface area (Å²) in [5.74, 6) is -1.42. The van der Waals surface area contributed by atoms with Gasteiger partial charge in [0.2, 0.25) is 0 Å². The van der Waals surface area contributed by atoms with E-state index in [9.17, 15) is 18.7 Å². The lowest BCUT2D eigenvalue weighted by Crippen LogP contribution is -2.48. The van der Waals surface area contributed by atoms with E-state index in [0.717, 1.165) is 18.1 Å². The number of aliphatic hydroxyl groups is 1. The molecule has 0 aliphatic rings. The third-order valence-electron chi connectivity index (χ3n) is 6.56. The van der Waals surface area contributed by atoms with E-state index in [1.807, 2.05) is 18.2 Å². The van der Waals surface area contributed by atoms with Crippen molar-refractivity contribution in [3.05, 3.63) is 94.7 Å². The monoisotopic (exact) mass is 538 g/mol. The minimum atomic E-state index is -1.08. The summed E-state index contributed by atoms with van der Waals surface area (Å²) in [6.45, 7) is 2.70. The van der Waals surface area contributed by atoms with Gasteiger partial charge in [-0.25, -0.2) is 8.78 Å². The fourth-order valence-corrected chi connectivity index (χ4v) is 4.60. The van der Waals surface area contributed by atoms with E-state index < -0.39 is 29.7 Å². The van der Waals surface area contributed by atoms with Crippen LogP contribution in [-0.4, -0.2) is 43.9 Å². The molecule has 0 fully saturated rings. The molecule has 0 aliphatic carbocycles. The summed E-state index contributed by atoms with van der Waals surface area (Å²) in [5, 5.41) is 17.7. The van der Waals surface area contributed by atoms with Crippen molar-refractivity contribution in [1.82, 2.24) is 10.6 Å². The second-order valence-corrected chi connectivity index (χ2v) is 9.26. The lowest BCUT2D eigenvalue weighted by Gasteiger charge is -2.25. The first-order valence-corrected chi connectivity index (χ1v) is 12.7. The molecular formula is C30H32F2N2O5. The zero-order valence-corrected chi connectivity index (χ0v) is 22.1. The van der Waals surface area contributed by atoms with Crippen LogP contribution in [0, 0.1) is 11.6 Å². The number of methoxy groups -OCH3 is 2. The van der Waals surface area contributed by atoms with Crippen molar-refractivity contribution >= 4 is 16.9 Å². The fourth-order valence-electron chi connectivity index (χ4n) is 4.60. The SMILES string of the molecule is CCc1cccc(CNC[C@H](O)[C@H](Cc2cc(F)cc(F)c2)NC(=O)c2cc(OC)c3occc3c2OC)c1. The molecule has 0 bridgehead atoms. The molecule has 39 heavy (non-hydrogen) atoms. The number of furan rings is 1. The standard InChI is InChI=1S/C30H32F2N2O5/c1-4-18-6-5-7-19(10-18)16-33-17-26(35)25(13-20-11-21(31)14-22(32)12-20)34-30(36)24-15-27(37-2)29-23(8-9-39-29)28(24)38-3/h5-12,14-15,25-26,33,35H,4,13,16-17H2,1-3H3,(H,34,36)/t25-,26-/m0/s1. The molecule has 3 aromatic carbocycles. The highest BCUT2D eigenvalue weighted by Gasteiger charge is 2.26. The van der Waals surface area contributed by atoms with E-state index in [1.165, 1.54) is 44.2 Å².